The van der Waals surface area contributed by atoms with Gasteiger partial charge in [0, 0.05) is 18.8 Å². The summed E-state index contributed by atoms with van der Waals surface area (Å²) in [5.41, 5.74) is 1.14. The average Bonchev–Trinajstić information content (AvgIpc) is 3.00. The Kier molecular flexibility index (Phi) is 3.99. The maximum absolute atomic E-state index is 11.5. The van der Waals surface area contributed by atoms with Crippen LogP contribution in [0.2, 0.25) is 0 Å². The monoisotopic (exact) mass is 275 g/mol. The summed E-state index contributed by atoms with van der Waals surface area (Å²) in [5.74, 6) is -0.423. The van der Waals surface area contributed by atoms with Crippen molar-refractivity contribution in [3.8, 4) is 17.1 Å². The van der Waals surface area contributed by atoms with E-state index >= 15 is 0 Å². The Morgan fingerprint density at radius 3 is 2.70 bits per heavy atom. The van der Waals surface area contributed by atoms with E-state index in [1.54, 1.807) is 24.4 Å². The zero-order chi connectivity index (χ0) is 14.5. The predicted molar refractivity (Wildman–Crippen MR) is 71.2 cm³/mol. The Morgan fingerprint density at radius 2 is 2.10 bits per heavy atom. The van der Waals surface area contributed by atoms with Gasteiger partial charge in [-0.25, -0.2) is 4.98 Å². The number of oxazole rings is 1. The highest BCUT2D eigenvalue weighted by Crippen LogP contribution is 2.32. The molecule has 2 rings (SSSR count). The van der Waals surface area contributed by atoms with E-state index in [4.69, 9.17) is 9.15 Å². The molecule has 104 valence electrons. The van der Waals surface area contributed by atoms with Crippen LogP contribution in [0, 0.1) is 0 Å². The van der Waals surface area contributed by atoms with Gasteiger partial charge in [0.1, 0.15) is 5.75 Å². The van der Waals surface area contributed by atoms with Crippen LogP contribution in [0.4, 0.5) is 5.69 Å². The van der Waals surface area contributed by atoms with Gasteiger partial charge in [-0.2, -0.15) is 0 Å². The van der Waals surface area contributed by atoms with E-state index in [1.807, 2.05) is 0 Å². The van der Waals surface area contributed by atoms with Gasteiger partial charge in [-0.05, 0) is 12.1 Å². The molecule has 7 heteroatoms. The number of hydrogen-bond acceptors (Lipinski definition) is 5. The topological polar surface area (TPSA) is 93.5 Å². The molecule has 0 spiro atoms. The maximum Gasteiger partial charge on any atom is 0.313 e. The molecule has 0 fully saturated rings. The van der Waals surface area contributed by atoms with Crippen molar-refractivity contribution in [2.45, 2.75) is 0 Å². The number of nitrogens with one attached hydrogen (secondary N) is 2. The fourth-order valence-corrected chi connectivity index (χ4v) is 1.62. The van der Waals surface area contributed by atoms with Crippen molar-refractivity contribution in [3.05, 3.63) is 30.8 Å². The highest BCUT2D eigenvalue weighted by molar-refractivity contribution is 6.39. The van der Waals surface area contributed by atoms with Gasteiger partial charge in [0.05, 0.1) is 18.9 Å². The fourth-order valence-electron chi connectivity index (χ4n) is 1.62. The standard InChI is InChI=1S/C13H13N3O4/c1-14-12(17)13(18)16-8-3-4-9(10(5-8)19-2)11-6-15-7-20-11/h3-7H,1-2H3,(H,14,17)(H,16,18). The Balaban J connectivity index is 2.26. The first-order chi connectivity index (χ1) is 9.65. The number of methoxy groups -OCH3 is 1. The summed E-state index contributed by atoms with van der Waals surface area (Å²) in [4.78, 5) is 26.4. The zero-order valence-corrected chi connectivity index (χ0v) is 11.0. The van der Waals surface area contributed by atoms with Gasteiger partial charge < -0.3 is 19.8 Å². The van der Waals surface area contributed by atoms with Gasteiger partial charge in [0.25, 0.3) is 0 Å². The van der Waals surface area contributed by atoms with E-state index in [1.165, 1.54) is 20.6 Å². The second-order valence-corrected chi connectivity index (χ2v) is 3.81. The van der Waals surface area contributed by atoms with Crippen molar-refractivity contribution in [1.82, 2.24) is 10.3 Å². The van der Waals surface area contributed by atoms with E-state index < -0.39 is 11.8 Å². The van der Waals surface area contributed by atoms with Crippen molar-refractivity contribution in [3.63, 3.8) is 0 Å². The molecule has 0 unspecified atom stereocenters. The molecule has 1 aromatic carbocycles. The number of ether oxygens (including phenoxy) is 1. The molecule has 0 aliphatic carbocycles. The highest BCUT2D eigenvalue weighted by Gasteiger charge is 2.14. The molecule has 2 aromatic rings. The Morgan fingerprint density at radius 1 is 1.30 bits per heavy atom. The molecule has 0 atom stereocenters. The number of aromatic nitrogens is 1. The predicted octanol–water partition coefficient (Wildman–Crippen LogP) is 1.03. The zero-order valence-electron chi connectivity index (χ0n) is 11.0. The summed E-state index contributed by atoms with van der Waals surface area (Å²) in [6.45, 7) is 0. The van der Waals surface area contributed by atoms with Crippen LogP contribution >= 0.6 is 0 Å². The quantitative estimate of drug-likeness (QED) is 0.816. The second-order valence-electron chi connectivity index (χ2n) is 3.81. The molecule has 7 nitrogen and oxygen atoms in total. The minimum absolute atomic E-state index is 0.443. The summed E-state index contributed by atoms with van der Waals surface area (Å²) in [6, 6.07) is 4.94. The first-order valence-electron chi connectivity index (χ1n) is 5.75. The molecule has 0 bridgehead atoms. The lowest BCUT2D eigenvalue weighted by Gasteiger charge is -2.09. The highest BCUT2D eigenvalue weighted by atomic mass is 16.5. The third kappa shape index (κ3) is 2.77. The fraction of sp³-hybridized carbons (Fsp3) is 0.154. The van der Waals surface area contributed by atoms with E-state index in [2.05, 4.69) is 15.6 Å². The molecule has 0 saturated carbocycles. The molecule has 0 radical (unpaired) electrons. The van der Waals surface area contributed by atoms with Gasteiger partial charge in [-0.1, -0.05) is 0 Å². The number of nitrogens with zero attached hydrogens (tertiary/aromatic N) is 1. The van der Waals surface area contributed by atoms with Crippen molar-refractivity contribution >= 4 is 17.5 Å². The molecule has 0 aliphatic rings. The first kappa shape index (κ1) is 13.6. The van der Waals surface area contributed by atoms with Crippen LogP contribution in [0.3, 0.4) is 0 Å². The Hall–Kier alpha value is -2.83. The summed E-state index contributed by atoms with van der Waals surface area (Å²) >= 11 is 0. The van der Waals surface area contributed by atoms with Crippen molar-refractivity contribution < 1.29 is 18.7 Å². The normalized spacial score (nSPS) is 9.90. The number of carbonyl (C=O) groups is 2. The van der Waals surface area contributed by atoms with E-state index in [-0.39, 0.29) is 0 Å². The van der Waals surface area contributed by atoms with Crippen LogP contribution in [-0.4, -0.2) is 31.0 Å². The number of hydrogen-bond donors (Lipinski definition) is 2. The molecular formula is C13H13N3O4. The first-order valence-corrected chi connectivity index (χ1v) is 5.75. The largest absolute Gasteiger partial charge is 0.496 e. The molecule has 2 N–H and O–H groups in total. The lowest BCUT2D eigenvalue weighted by atomic mass is 10.1. The summed E-state index contributed by atoms with van der Waals surface area (Å²) in [7, 11) is 2.88. The molecule has 1 aromatic heterocycles. The SMILES string of the molecule is CNC(=O)C(=O)Nc1ccc(-c2cnco2)c(OC)c1. The lowest BCUT2D eigenvalue weighted by molar-refractivity contribution is -0.135. The molecule has 20 heavy (non-hydrogen) atoms. The number of rotatable bonds is 3. The third-order valence-electron chi connectivity index (χ3n) is 2.59. The van der Waals surface area contributed by atoms with Gasteiger partial charge in [0.2, 0.25) is 0 Å². The summed E-state index contributed by atoms with van der Waals surface area (Å²) in [5, 5.41) is 4.70. The minimum atomic E-state index is -0.748. The van der Waals surface area contributed by atoms with E-state index in [0.29, 0.717) is 22.8 Å². The van der Waals surface area contributed by atoms with Gasteiger partial charge in [0.15, 0.2) is 12.2 Å². The number of likely N-dealkylation sites (N-methyl/N-ethyl adjacent to an activating group) is 1. The summed E-state index contributed by atoms with van der Waals surface area (Å²) in [6.07, 6.45) is 2.87. The molecule has 0 aliphatic heterocycles. The van der Waals surface area contributed by atoms with Crippen LogP contribution in [0.1, 0.15) is 0 Å². The third-order valence-corrected chi connectivity index (χ3v) is 2.59. The number of anilines is 1. The smallest absolute Gasteiger partial charge is 0.313 e. The van der Waals surface area contributed by atoms with E-state index in [0.717, 1.165) is 0 Å². The molecular weight excluding hydrogens is 262 g/mol. The van der Waals surface area contributed by atoms with Crippen LogP contribution in [-0.2, 0) is 9.59 Å². The minimum Gasteiger partial charge on any atom is -0.496 e. The van der Waals surface area contributed by atoms with Crippen LogP contribution < -0.4 is 15.4 Å². The van der Waals surface area contributed by atoms with Crippen LogP contribution in [0.5, 0.6) is 5.75 Å². The van der Waals surface area contributed by atoms with Crippen molar-refractivity contribution in [1.29, 1.82) is 0 Å². The van der Waals surface area contributed by atoms with Crippen LogP contribution in [0.15, 0.2) is 35.2 Å². The maximum atomic E-state index is 11.5. The van der Waals surface area contributed by atoms with Crippen molar-refractivity contribution in [2.75, 3.05) is 19.5 Å². The Labute approximate surface area is 114 Å². The van der Waals surface area contributed by atoms with E-state index in [9.17, 15) is 9.59 Å². The summed E-state index contributed by atoms with van der Waals surface area (Å²) < 4.78 is 10.4. The van der Waals surface area contributed by atoms with Gasteiger partial charge >= 0.3 is 11.8 Å². The molecule has 2 amide bonds. The number of carbonyl (C=O) groups excluding carboxylic acids is 2. The average molecular weight is 275 g/mol. The Bertz CT molecular complexity index is 623. The van der Waals surface area contributed by atoms with Crippen LogP contribution in [0.25, 0.3) is 11.3 Å². The van der Waals surface area contributed by atoms with Crippen molar-refractivity contribution in [2.24, 2.45) is 0 Å². The number of amides is 2. The number of benzene rings is 1. The molecule has 0 saturated heterocycles. The second kappa shape index (κ2) is 5.87. The van der Waals surface area contributed by atoms with Gasteiger partial charge in [-0.3, -0.25) is 9.59 Å². The van der Waals surface area contributed by atoms with Gasteiger partial charge in [-0.15, -0.1) is 0 Å². The lowest BCUT2D eigenvalue weighted by Crippen LogP contribution is -2.32. The molecule has 1 heterocycles.